The molecule has 0 aliphatic carbocycles. The number of carbonyl (C=O) groups excluding carboxylic acids is 6. The molecule has 0 radical (unpaired) electrons. The fourth-order valence-corrected chi connectivity index (χ4v) is 7.91. The summed E-state index contributed by atoms with van der Waals surface area (Å²) < 4.78 is 0. The van der Waals surface area contributed by atoms with E-state index in [2.05, 4.69) is 38.5 Å². The molecule has 7 N–H and O–H groups in total. The van der Waals surface area contributed by atoms with E-state index < -0.39 is 71.1 Å². The van der Waals surface area contributed by atoms with Crippen LogP contribution >= 0.6 is 11.3 Å². The maximum Gasteiger partial charge on any atom is 0.328 e. The molecule has 4 aromatic carbocycles. The number of carbonyl (C=O) groups is 7. The van der Waals surface area contributed by atoms with Gasteiger partial charge in [0.1, 0.15) is 29.7 Å². The number of carboxylic acid groups (broad SMARTS) is 1. The van der Waals surface area contributed by atoms with Crippen LogP contribution in [0, 0.1) is 0 Å². The Kier molecular flexibility index (Phi) is 15.8. The van der Waals surface area contributed by atoms with Crippen molar-refractivity contribution in [1.29, 1.82) is 0 Å². The number of hydrogen-bond donors (Lipinski definition) is 7. The minimum Gasteiger partial charge on any atom is -0.480 e. The Bertz CT molecular complexity index is 2490. The molecule has 3 heterocycles. The van der Waals surface area contributed by atoms with Gasteiger partial charge >= 0.3 is 5.97 Å². The average Bonchev–Trinajstić information content (AvgIpc) is 3.82. The largest absolute Gasteiger partial charge is 0.480 e. The van der Waals surface area contributed by atoms with Crippen molar-refractivity contribution >= 4 is 64.0 Å². The van der Waals surface area contributed by atoms with Crippen molar-refractivity contribution in [1.82, 2.24) is 26.6 Å². The summed E-state index contributed by atoms with van der Waals surface area (Å²) in [5.41, 5.74) is 2.67. The van der Waals surface area contributed by atoms with Crippen LogP contribution in [0.2, 0.25) is 0 Å². The number of rotatable bonds is 11. The molecule has 7 rings (SSSR count). The van der Waals surface area contributed by atoms with Crippen LogP contribution in [0.3, 0.4) is 0 Å². The molecular formula is C50H52N6O8S. The molecule has 5 aromatic rings. The quantitative estimate of drug-likeness (QED) is 0.0875. The van der Waals surface area contributed by atoms with Crippen molar-refractivity contribution in [2.45, 2.75) is 82.1 Å². The van der Waals surface area contributed by atoms with Crippen molar-refractivity contribution in [2.75, 3.05) is 5.32 Å². The first-order chi connectivity index (χ1) is 31.1. The topological polar surface area (TPSA) is 212 Å². The van der Waals surface area contributed by atoms with Gasteiger partial charge in [0.2, 0.25) is 35.4 Å². The van der Waals surface area contributed by atoms with Crippen LogP contribution in [0.1, 0.15) is 54.7 Å². The number of amides is 6. The molecule has 15 heteroatoms. The molecule has 0 fully saturated rings. The van der Waals surface area contributed by atoms with E-state index >= 15 is 0 Å². The lowest BCUT2D eigenvalue weighted by atomic mass is 9.95. The molecule has 2 aliphatic rings. The summed E-state index contributed by atoms with van der Waals surface area (Å²) >= 11 is 1.38. The number of aryl methyl sites for hydroxylation is 1. The van der Waals surface area contributed by atoms with Crippen molar-refractivity contribution in [2.24, 2.45) is 0 Å². The van der Waals surface area contributed by atoms with Gasteiger partial charge in [-0.3, -0.25) is 28.8 Å². The van der Waals surface area contributed by atoms with Crippen LogP contribution in [0.25, 0.3) is 16.7 Å². The Balaban J connectivity index is 1.39. The highest BCUT2D eigenvalue weighted by atomic mass is 32.1. The third kappa shape index (κ3) is 13.3. The highest BCUT2D eigenvalue weighted by Gasteiger charge is 2.36. The van der Waals surface area contributed by atoms with Gasteiger partial charge in [-0.15, -0.1) is 11.3 Å². The Morgan fingerprint density at radius 2 is 1.34 bits per heavy atom. The first-order valence-electron chi connectivity index (χ1n) is 21.2. The summed E-state index contributed by atoms with van der Waals surface area (Å²) in [6, 6.07) is 31.0. The fraction of sp³-hybridized carbons (Fsp3) is 0.260. The zero-order valence-corrected chi connectivity index (χ0v) is 36.9. The zero-order chi connectivity index (χ0) is 46.5. The van der Waals surface area contributed by atoms with Crippen molar-refractivity contribution in [3.05, 3.63) is 155 Å². The summed E-state index contributed by atoms with van der Waals surface area (Å²) in [5, 5.41) is 28.1. The fourth-order valence-electron chi connectivity index (χ4n) is 7.15. The lowest BCUT2D eigenvalue weighted by Gasteiger charge is -2.29. The number of benzene rings is 4. The van der Waals surface area contributed by atoms with Gasteiger partial charge in [0.25, 0.3) is 0 Å². The molecule has 4 atom stereocenters. The first-order valence-corrected chi connectivity index (χ1v) is 22.1. The number of carboxylic acids is 1. The maximum atomic E-state index is 14.8. The van der Waals surface area contributed by atoms with Crippen LogP contribution in [-0.4, -0.2) is 76.2 Å². The summed E-state index contributed by atoms with van der Waals surface area (Å²) in [4.78, 5) is 96.8. The molecule has 0 saturated carbocycles. The van der Waals surface area contributed by atoms with Crippen LogP contribution < -0.4 is 31.9 Å². The van der Waals surface area contributed by atoms with E-state index in [1.165, 1.54) is 25.2 Å². The molecule has 14 nitrogen and oxygen atoms in total. The monoisotopic (exact) mass is 896 g/mol. The molecule has 2 aliphatic heterocycles. The minimum absolute atomic E-state index is 0.0565. The van der Waals surface area contributed by atoms with Crippen LogP contribution in [0.4, 0.5) is 5.69 Å². The number of anilines is 1. The highest BCUT2D eigenvalue weighted by molar-refractivity contribution is 7.09. The Morgan fingerprint density at radius 3 is 1.98 bits per heavy atom. The van der Waals surface area contributed by atoms with Crippen LogP contribution in [-0.2, 0) is 52.8 Å². The second-order valence-electron chi connectivity index (χ2n) is 16.3. The molecule has 65 heavy (non-hydrogen) atoms. The lowest BCUT2D eigenvalue weighted by molar-refractivity contribution is -0.146. The van der Waals surface area contributed by atoms with E-state index in [0.717, 1.165) is 21.6 Å². The second-order valence-corrected chi connectivity index (χ2v) is 17.4. The Morgan fingerprint density at radius 1 is 0.708 bits per heavy atom. The third-order valence-corrected chi connectivity index (χ3v) is 11.9. The maximum absolute atomic E-state index is 14.8. The molecule has 6 amide bonds. The molecule has 2 bridgehead atoms. The van der Waals surface area contributed by atoms with E-state index in [-0.39, 0.29) is 37.7 Å². The van der Waals surface area contributed by atoms with Gasteiger partial charge < -0.3 is 37.0 Å². The summed E-state index contributed by atoms with van der Waals surface area (Å²) in [6.45, 7) is 6.89. The Hall–Kier alpha value is -7.39. The van der Waals surface area contributed by atoms with Gasteiger partial charge in [-0.2, -0.15) is 0 Å². The van der Waals surface area contributed by atoms with Gasteiger partial charge in [-0.1, -0.05) is 110 Å². The molecule has 1 aromatic heterocycles. The number of nitrogens with one attached hydrogen (secondary N) is 6. The minimum atomic E-state index is -1.71. The van der Waals surface area contributed by atoms with Gasteiger partial charge in [-0.25, -0.2) is 4.79 Å². The smallest absolute Gasteiger partial charge is 0.328 e. The van der Waals surface area contributed by atoms with Crippen LogP contribution in [0.15, 0.2) is 133 Å². The number of hydrogen-bond acceptors (Lipinski definition) is 8. The first kappa shape index (κ1) is 47.1. The molecule has 4 unspecified atom stereocenters. The summed E-state index contributed by atoms with van der Waals surface area (Å²) in [7, 11) is 0. The van der Waals surface area contributed by atoms with E-state index in [1.54, 1.807) is 36.4 Å². The predicted octanol–water partition coefficient (Wildman–Crippen LogP) is 5.20. The van der Waals surface area contributed by atoms with E-state index in [9.17, 15) is 38.7 Å². The van der Waals surface area contributed by atoms with Crippen molar-refractivity contribution in [3.8, 4) is 11.1 Å². The van der Waals surface area contributed by atoms with E-state index in [4.69, 9.17) is 0 Å². The second kappa shape index (κ2) is 21.8. The predicted molar refractivity (Wildman–Crippen MR) is 249 cm³/mol. The molecule has 0 spiro atoms. The third-order valence-electron chi connectivity index (χ3n) is 11.0. The van der Waals surface area contributed by atoms with Crippen molar-refractivity contribution in [3.63, 3.8) is 0 Å². The van der Waals surface area contributed by atoms with Crippen molar-refractivity contribution < 1.29 is 38.7 Å². The van der Waals surface area contributed by atoms with Gasteiger partial charge in [0.05, 0.1) is 0 Å². The normalized spacial score (nSPS) is 19.0. The average molecular weight is 897 g/mol. The molecule has 336 valence electrons. The highest BCUT2D eigenvalue weighted by Crippen LogP contribution is 2.24. The Labute approximate surface area is 381 Å². The molecule has 0 saturated heterocycles. The zero-order valence-electron chi connectivity index (χ0n) is 36.1. The van der Waals surface area contributed by atoms with Crippen LogP contribution in [0.5, 0.6) is 0 Å². The number of thiophene rings is 1. The standard InChI is InChI=1S/C50H52N6O8S/c1-31(34-19-21-36(22-20-34)35-13-8-5-9-14-35)44-48(62)53-39(25-18-32-11-6-4-7-12-32)45(59)54-40(47(61)56-50(2,3)49(63)64)29-33-16-23-37(24-17-33)51-42(57)26-27-43(58)52-41(46(60)55-44)30-38-15-10-28-65-38/h4-17,19-24,28,39-41,44H,1,18,25-27,29-30H2,2-3H3,(H,51,57)(H,52,58)(H,53,62)(H,54,59)(H,55,60)(H,56,61)(H,63,64). The summed E-state index contributed by atoms with van der Waals surface area (Å²) in [5.74, 6) is -5.38. The van der Waals surface area contributed by atoms with Gasteiger partial charge in [0, 0.05) is 36.2 Å². The number of fused-ring (bicyclic) bond motifs is 18. The van der Waals surface area contributed by atoms with E-state index in [1.807, 2.05) is 90.3 Å². The lowest BCUT2D eigenvalue weighted by Crippen LogP contribution is -2.60. The van der Waals surface area contributed by atoms with E-state index in [0.29, 0.717) is 23.2 Å². The summed E-state index contributed by atoms with van der Waals surface area (Å²) in [6.07, 6.45) is -0.0988. The molecular weight excluding hydrogens is 845 g/mol. The van der Waals surface area contributed by atoms with Gasteiger partial charge in [0.15, 0.2) is 0 Å². The van der Waals surface area contributed by atoms with Gasteiger partial charge in [-0.05, 0) is 83.7 Å². The SMILES string of the molecule is C=C(c1ccc(-c2ccccc2)cc1)C1NC(=O)C(Cc2cccs2)NC(=O)CCC(=O)Nc2ccc(cc2)CC(C(=O)NC(C)(C)C(=O)O)NC(=O)C(CCc2ccccc2)NC1=O. The number of aliphatic carboxylic acids is 1.